The maximum absolute atomic E-state index is 14.8. The van der Waals surface area contributed by atoms with Crippen molar-refractivity contribution in [3.8, 4) is 0 Å². The number of para-hydroxylation sites is 1. The molecule has 2 atom stereocenters. The zero-order valence-corrected chi connectivity index (χ0v) is 21.5. The second-order valence-electron chi connectivity index (χ2n) is 10.5. The van der Waals surface area contributed by atoms with Gasteiger partial charge in [0.2, 0.25) is 5.91 Å². The van der Waals surface area contributed by atoms with Crippen molar-refractivity contribution in [2.24, 2.45) is 5.92 Å². The second-order valence-corrected chi connectivity index (χ2v) is 10.5. The van der Waals surface area contributed by atoms with Crippen LogP contribution in [0.1, 0.15) is 49.5 Å². The summed E-state index contributed by atoms with van der Waals surface area (Å²) in [5.74, 6) is -2.35. The highest BCUT2D eigenvalue weighted by molar-refractivity contribution is 5.96. The molecule has 2 fully saturated rings. The van der Waals surface area contributed by atoms with Gasteiger partial charge in [-0.1, -0.05) is 18.2 Å². The van der Waals surface area contributed by atoms with E-state index in [4.69, 9.17) is 4.74 Å². The molecule has 8 heteroatoms. The number of amides is 1. The van der Waals surface area contributed by atoms with Crippen molar-refractivity contribution in [1.29, 1.82) is 0 Å². The molecule has 2 aliphatic rings. The standard InChI is InChI=1S/C28H35F2N3O3/c1-5-36-27(35)21-8-6-7-9-25(21)31-12-14-32(15-13-31)26(34)23-18-33(28(2,3)4)17-22(23)20-11-10-19(29)16-24(20)30/h6-11,16,22-23H,5,12-15,17-18H2,1-4H3/t22-,23+/m0/s1. The van der Waals surface area contributed by atoms with E-state index < -0.39 is 17.6 Å². The lowest BCUT2D eigenvalue weighted by atomic mass is 9.87. The second kappa shape index (κ2) is 10.5. The molecule has 36 heavy (non-hydrogen) atoms. The number of rotatable bonds is 5. The molecule has 2 aromatic rings. The summed E-state index contributed by atoms with van der Waals surface area (Å²) in [7, 11) is 0. The van der Waals surface area contributed by atoms with Crippen LogP contribution in [0.25, 0.3) is 0 Å². The van der Waals surface area contributed by atoms with Crippen LogP contribution in [0.5, 0.6) is 0 Å². The fourth-order valence-corrected chi connectivity index (χ4v) is 5.25. The molecule has 2 heterocycles. The maximum atomic E-state index is 14.8. The number of likely N-dealkylation sites (tertiary alicyclic amines) is 1. The smallest absolute Gasteiger partial charge is 0.340 e. The fraction of sp³-hybridized carbons (Fsp3) is 0.500. The molecular weight excluding hydrogens is 464 g/mol. The van der Waals surface area contributed by atoms with Gasteiger partial charge in [-0.25, -0.2) is 13.6 Å². The molecule has 0 radical (unpaired) electrons. The molecule has 6 nitrogen and oxygen atoms in total. The highest BCUT2D eigenvalue weighted by atomic mass is 19.1. The van der Waals surface area contributed by atoms with E-state index in [9.17, 15) is 18.4 Å². The molecule has 4 rings (SSSR count). The van der Waals surface area contributed by atoms with E-state index in [0.29, 0.717) is 57.0 Å². The molecule has 0 saturated carbocycles. The van der Waals surface area contributed by atoms with Crippen molar-refractivity contribution >= 4 is 17.6 Å². The molecule has 0 unspecified atom stereocenters. The van der Waals surface area contributed by atoms with E-state index in [0.717, 1.165) is 11.8 Å². The first-order valence-electron chi connectivity index (χ1n) is 12.6. The first-order chi connectivity index (χ1) is 17.1. The quantitative estimate of drug-likeness (QED) is 0.574. The Morgan fingerprint density at radius 1 is 1.00 bits per heavy atom. The van der Waals surface area contributed by atoms with Crippen LogP contribution in [-0.2, 0) is 9.53 Å². The summed E-state index contributed by atoms with van der Waals surface area (Å²) < 4.78 is 33.6. The number of benzene rings is 2. The topological polar surface area (TPSA) is 53.1 Å². The number of piperazine rings is 1. The molecule has 2 aliphatic heterocycles. The molecule has 0 bridgehead atoms. The van der Waals surface area contributed by atoms with E-state index in [1.54, 1.807) is 13.0 Å². The van der Waals surface area contributed by atoms with Crippen molar-refractivity contribution in [2.45, 2.75) is 39.2 Å². The molecule has 0 spiro atoms. The van der Waals surface area contributed by atoms with Gasteiger partial charge in [-0.2, -0.15) is 0 Å². The maximum Gasteiger partial charge on any atom is 0.340 e. The minimum Gasteiger partial charge on any atom is -0.462 e. The van der Waals surface area contributed by atoms with Gasteiger partial charge < -0.3 is 14.5 Å². The minimum absolute atomic E-state index is 0.00574. The van der Waals surface area contributed by atoms with Gasteiger partial charge in [0.1, 0.15) is 11.6 Å². The minimum atomic E-state index is -0.621. The lowest BCUT2D eigenvalue weighted by molar-refractivity contribution is -0.136. The monoisotopic (exact) mass is 499 g/mol. The van der Waals surface area contributed by atoms with Crippen molar-refractivity contribution in [1.82, 2.24) is 9.80 Å². The number of anilines is 1. The number of halogens is 2. The van der Waals surface area contributed by atoms with Crippen molar-refractivity contribution in [3.63, 3.8) is 0 Å². The average Bonchev–Trinajstić information content (AvgIpc) is 3.30. The van der Waals surface area contributed by atoms with Crippen LogP contribution >= 0.6 is 0 Å². The number of ether oxygens (including phenoxy) is 1. The van der Waals surface area contributed by atoms with E-state index in [-0.39, 0.29) is 23.3 Å². The normalized spacial score (nSPS) is 21.1. The van der Waals surface area contributed by atoms with Gasteiger partial charge in [0, 0.05) is 56.8 Å². The number of esters is 1. The van der Waals surface area contributed by atoms with Gasteiger partial charge >= 0.3 is 5.97 Å². The van der Waals surface area contributed by atoms with Crippen LogP contribution in [0.15, 0.2) is 42.5 Å². The van der Waals surface area contributed by atoms with E-state index >= 15 is 0 Å². The van der Waals surface area contributed by atoms with E-state index in [2.05, 4.69) is 30.6 Å². The number of hydrogen-bond donors (Lipinski definition) is 0. The molecule has 2 aromatic carbocycles. The van der Waals surface area contributed by atoms with Gasteiger partial charge in [-0.05, 0) is 51.5 Å². The SMILES string of the molecule is CCOC(=O)c1ccccc1N1CCN(C(=O)[C@@H]2CN(C(C)(C)C)C[C@H]2c2ccc(F)cc2F)CC1. The summed E-state index contributed by atoms with van der Waals surface area (Å²) >= 11 is 0. The summed E-state index contributed by atoms with van der Waals surface area (Å²) in [4.78, 5) is 32.3. The lowest BCUT2D eigenvalue weighted by Crippen LogP contribution is -2.51. The zero-order chi connectivity index (χ0) is 26.0. The molecule has 194 valence electrons. The van der Waals surface area contributed by atoms with Gasteiger partial charge in [0.25, 0.3) is 0 Å². The summed E-state index contributed by atoms with van der Waals surface area (Å²) in [5.41, 5.74) is 1.53. The Morgan fingerprint density at radius 2 is 1.69 bits per heavy atom. The molecular formula is C28H35F2N3O3. The third kappa shape index (κ3) is 5.38. The Hall–Kier alpha value is -3.00. The van der Waals surface area contributed by atoms with E-state index in [1.165, 1.54) is 12.1 Å². The predicted molar refractivity (Wildman–Crippen MR) is 135 cm³/mol. The van der Waals surface area contributed by atoms with Crippen LogP contribution in [-0.4, -0.2) is 73.1 Å². The number of nitrogens with zero attached hydrogens (tertiary/aromatic N) is 3. The van der Waals surface area contributed by atoms with Crippen LogP contribution in [0.4, 0.5) is 14.5 Å². The molecule has 0 N–H and O–H groups in total. The number of carbonyl (C=O) groups is 2. The summed E-state index contributed by atoms with van der Waals surface area (Å²) in [6.45, 7) is 11.5. The lowest BCUT2D eigenvalue weighted by Gasteiger charge is -2.38. The Morgan fingerprint density at radius 3 is 2.33 bits per heavy atom. The van der Waals surface area contributed by atoms with Crippen LogP contribution in [0.2, 0.25) is 0 Å². The highest BCUT2D eigenvalue weighted by Gasteiger charge is 2.44. The van der Waals surface area contributed by atoms with Crippen molar-refractivity contribution < 1.29 is 23.1 Å². The Kier molecular flexibility index (Phi) is 7.64. The van der Waals surface area contributed by atoms with Crippen LogP contribution in [0.3, 0.4) is 0 Å². The largest absolute Gasteiger partial charge is 0.462 e. The van der Waals surface area contributed by atoms with Gasteiger partial charge in [0.05, 0.1) is 23.8 Å². The molecule has 0 aromatic heterocycles. The first kappa shape index (κ1) is 26.1. The average molecular weight is 500 g/mol. The molecule has 2 saturated heterocycles. The predicted octanol–water partition coefficient (Wildman–Crippen LogP) is 4.30. The molecule has 1 amide bonds. The van der Waals surface area contributed by atoms with Gasteiger partial charge in [-0.15, -0.1) is 0 Å². The Labute approximate surface area is 211 Å². The Balaban J connectivity index is 1.51. The summed E-state index contributed by atoms with van der Waals surface area (Å²) in [6.07, 6.45) is 0. The third-order valence-electron chi connectivity index (χ3n) is 7.28. The van der Waals surface area contributed by atoms with Gasteiger partial charge in [-0.3, -0.25) is 9.69 Å². The summed E-state index contributed by atoms with van der Waals surface area (Å²) in [5, 5.41) is 0. The fourth-order valence-electron chi connectivity index (χ4n) is 5.25. The summed E-state index contributed by atoms with van der Waals surface area (Å²) in [6, 6.07) is 11.0. The first-order valence-corrected chi connectivity index (χ1v) is 12.6. The van der Waals surface area contributed by atoms with Crippen LogP contribution in [0, 0.1) is 17.6 Å². The molecule has 0 aliphatic carbocycles. The van der Waals surface area contributed by atoms with Crippen LogP contribution < -0.4 is 4.90 Å². The van der Waals surface area contributed by atoms with Gasteiger partial charge in [0.15, 0.2) is 0 Å². The Bertz CT molecular complexity index is 1110. The van der Waals surface area contributed by atoms with Crippen molar-refractivity contribution in [3.05, 3.63) is 65.2 Å². The zero-order valence-electron chi connectivity index (χ0n) is 21.5. The number of carbonyl (C=O) groups excluding carboxylic acids is 2. The third-order valence-corrected chi connectivity index (χ3v) is 7.28. The highest BCUT2D eigenvalue weighted by Crippen LogP contribution is 2.38. The van der Waals surface area contributed by atoms with Crippen molar-refractivity contribution in [2.75, 3.05) is 50.8 Å². The number of hydrogen-bond acceptors (Lipinski definition) is 5. The van der Waals surface area contributed by atoms with E-state index in [1.807, 2.05) is 23.1 Å².